The van der Waals surface area contributed by atoms with Gasteiger partial charge in [0.15, 0.2) is 5.92 Å². The summed E-state index contributed by atoms with van der Waals surface area (Å²) in [5, 5.41) is 0. The molecule has 0 radical (unpaired) electrons. The van der Waals surface area contributed by atoms with E-state index < -0.39 is 36.7 Å². The van der Waals surface area contributed by atoms with Crippen LogP contribution in [-0.4, -0.2) is 31.5 Å². The largest absolute Gasteiger partial charge is 0.468 e. The lowest BCUT2D eigenvalue weighted by Crippen LogP contribution is -2.37. The predicted octanol–water partition coefficient (Wildman–Crippen LogP) is 1.50. The van der Waals surface area contributed by atoms with Crippen LogP contribution >= 0.6 is 0 Å². The first-order valence-electron chi connectivity index (χ1n) is 6.26. The second-order valence-corrected chi connectivity index (χ2v) is 4.43. The molecule has 0 spiro atoms. The Labute approximate surface area is 121 Å². The van der Waals surface area contributed by atoms with Gasteiger partial charge < -0.3 is 15.2 Å². The highest BCUT2D eigenvalue weighted by Crippen LogP contribution is 2.24. The molecular formula is C14H17F2NO4. The third-order valence-electron chi connectivity index (χ3n) is 2.80. The van der Waals surface area contributed by atoms with Crippen molar-refractivity contribution in [3.8, 4) is 0 Å². The standard InChI is InChI=1S/C14H17F2NO4/c1-20-12(18)11(7-14(15,16)9-17)13(19)21-8-10-5-3-2-4-6-10/h2-6,11H,7-9,17H2,1H3. The summed E-state index contributed by atoms with van der Waals surface area (Å²) in [4.78, 5) is 23.3. The summed E-state index contributed by atoms with van der Waals surface area (Å²) in [6.07, 6.45) is -1.04. The summed E-state index contributed by atoms with van der Waals surface area (Å²) in [7, 11) is 1.01. The van der Waals surface area contributed by atoms with Crippen LogP contribution in [0.5, 0.6) is 0 Å². The number of hydrogen-bond acceptors (Lipinski definition) is 5. The van der Waals surface area contributed by atoms with E-state index in [1.807, 2.05) is 0 Å². The van der Waals surface area contributed by atoms with Crippen molar-refractivity contribution in [1.82, 2.24) is 0 Å². The van der Waals surface area contributed by atoms with Gasteiger partial charge in [0.1, 0.15) is 6.61 Å². The third kappa shape index (κ3) is 5.47. The average molecular weight is 301 g/mol. The molecule has 116 valence electrons. The SMILES string of the molecule is COC(=O)C(CC(F)(F)CN)C(=O)OCc1ccccc1. The van der Waals surface area contributed by atoms with Crippen molar-refractivity contribution in [1.29, 1.82) is 0 Å². The second-order valence-electron chi connectivity index (χ2n) is 4.43. The number of carbonyl (C=O) groups excluding carboxylic acids is 2. The van der Waals surface area contributed by atoms with E-state index in [2.05, 4.69) is 4.74 Å². The molecule has 1 atom stereocenters. The van der Waals surface area contributed by atoms with Crippen molar-refractivity contribution in [2.45, 2.75) is 19.0 Å². The number of ether oxygens (including phenoxy) is 2. The number of benzene rings is 1. The number of esters is 2. The van der Waals surface area contributed by atoms with Gasteiger partial charge in [0.2, 0.25) is 0 Å². The van der Waals surface area contributed by atoms with Gasteiger partial charge in [-0.05, 0) is 5.56 Å². The summed E-state index contributed by atoms with van der Waals surface area (Å²) in [5.41, 5.74) is 5.59. The maximum absolute atomic E-state index is 13.3. The van der Waals surface area contributed by atoms with E-state index in [0.29, 0.717) is 5.56 Å². The van der Waals surface area contributed by atoms with Gasteiger partial charge in [-0.25, -0.2) is 8.78 Å². The van der Waals surface area contributed by atoms with Crippen molar-refractivity contribution < 1.29 is 27.8 Å². The number of carbonyl (C=O) groups is 2. The lowest BCUT2D eigenvalue weighted by Gasteiger charge is -2.19. The molecule has 0 saturated carbocycles. The zero-order chi connectivity index (χ0) is 15.9. The molecule has 1 rings (SSSR count). The Morgan fingerprint density at radius 3 is 2.38 bits per heavy atom. The lowest BCUT2D eigenvalue weighted by atomic mass is 10.0. The Morgan fingerprint density at radius 1 is 1.24 bits per heavy atom. The van der Waals surface area contributed by atoms with Crippen LogP contribution in [0, 0.1) is 5.92 Å². The fourth-order valence-electron chi connectivity index (χ4n) is 1.62. The quantitative estimate of drug-likeness (QED) is 0.610. The summed E-state index contributed by atoms with van der Waals surface area (Å²) in [5.74, 6) is -7.16. The molecule has 0 saturated heterocycles. The van der Waals surface area contributed by atoms with Crippen LogP contribution in [0.1, 0.15) is 12.0 Å². The van der Waals surface area contributed by atoms with Crippen LogP contribution in [0.3, 0.4) is 0 Å². The number of alkyl halides is 2. The molecule has 0 fully saturated rings. The van der Waals surface area contributed by atoms with Crippen molar-refractivity contribution in [3.63, 3.8) is 0 Å². The first kappa shape index (κ1) is 17.0. The van der Waals surface area contributed by atoms with Gasteiger partial charge in [-0.1, -0.05) is 30.3 Å². The third-order valence-corrected chi connectivity index (χ3v) is 2.80. The van der Waals surface area contributed by atoms with Crippen molar-refractivity contribution in [2.75, 3.05) is 13.7 Å². The number of rotatable bonds is 7. The Bertz CT molecular complexity index is 479. The number of halogens is 2. The van der Waals surface area contributed by atoms with Gasteiger partial charge >= 0.3 is 11.9 Å². The van der Waals surface area contributed by atoms with Crippen LogP contribution in [0.15, 0.2) is 30.3 Å². The van der Waals surface area contributed by atoms with E-state index in [-0.39, 0.29) is 6.61 Å². The minimum atomic E-state index is -3.34. The minimum absolute atomic E-state index is 0.110. The zero-order valence-corrected chi connectivity index (χ0v) is 11.6. The molecule has 0 aliphatic heterocycles. The van der Waals surface area contributed by atoms with E-state index in [1.165, 1.54) is 0 Å². The van der Waals surface area contributed by atoms with Gasteiger partial charge in [-0.15, -0.1) is 0 Å². The molecule has 0 bridgehead atoms. The lowest BCUT2D eigenvalue weighted by molar-refractivity contribution is -0.165. The molecule has 1 aromatic rings. The fraction of sp³-hybridized carbons (Fsp3) is 0.429. The van der Waals surface area contributed by atoms with E-state index in [4.69, 9.17) is 10.5 Å². The molecule has 0 aliphatic carbocycles. The van der Waals surface area contributed by atoms with E-state index in [1.54, 1.807) is 30.3 Å². The number of hydrogen-bond donors (Lipinski definition) is 1. The second kappa shape index (κ2) is 7.68. The van der Waals surface area contributed by atoms with E-state index in [0.717, 1.165) is 7.11 Å². The minimum Gasteiger partial charge on any atom is -0.468 e. The topological polar surface area (TPSA) is 78.6 Å². The molecule has 5 nitrogen and oxygen atoms in total. The van der Waals surface area contributed by atoms with E-state index >= 15 is 0 Å². The monoisotopic (exact) mass is 301 g/mol. The molecule has 0 aliphatic rings. The summed E-state index contributed by atoms with van der Waals surface area (Å²) in [6.45, 7) is -1.08. The molecule has 2 N–H and O–H groups in total. The fourth-order valence-corrected chi connectivity index (χ4v) is 1.62. The Balaban J connectivity index is 2.69. The Kier molecular flexibility index (Phi) is 6.23. The first-order valence-corrected chi connectivity index (χ1v) is 6.26. The van der Waals surface area contributed by atoms with Crippen LogP contribution in [0.2, 0.25) is 0 Å². The molecule has 21 heavy (non-hydrogen) atoms. The smallest absolute Gasteiger partial charge is 0.320 e. The zero-order valence-electron chi connectivity index (χ0n) is 11.6. The van der Waals surface area contributed by atoms with Crippen LogP contribution < -0.4 is 5.73 Å². The maximum atomic E-state index is 13.3. The van der Waals surface area contributed by atoms with Crippen molar-refractivity contribution >= 4 is 11.9 Å². The molecule has 1 unspecified atom stereocenters. The van der Waals surface area contributed by atoms with Crippen LogP contribution in [0.4, 0.5) is 8.78 Å². The molecule has 0 amide bonds. The molecule has 7 heteroatoms. The number of nitrogens with two attached hydrogens (primary N) is 1. The van der Waals surface area contributed by atoms with Gasteiger partial charge in [-0.3, -0.25) is 9.59 Å². The Hall–Kier alpha value is -2.02. The summed E-state index contributed by atoms with van der Waals surface area (Å²) < 4.78 is 35.8. The normalized spacial score (nSPS) is 12.6. The summed E-state index contributed by atoms with van der Waals surface area (Å²) in [6, 6.07) is 8.67. The molecule has 0 aromatic heterocycles. The van der Waals surface area contributed by atoms with Gasteiger partial charge in [0, 0.05) is 6.42 Å². The molecular weight excluding hydrogens is 284 g/mol. The van der Waals surface area contributed by atoms with Crippen LogP contribution in [-0.2, 0) is 25.7 Å². The van der Waals surface area contributed by atoms with Gasteiger partial charge in [0.05, 0.1) is 13.7 Å². The van der Waals surface area contributed by atoms with Gasteiger partial charge in [0.25, 0.3) is 5.92 Å². The average Bonchev–Trinajstić information content (AvgIpc) is 2.50. The van der Waals surface area contributed by atoms with Gasteiger partial charge in [-0.2, -0.15) is 0 Å². The Morgan fingerprint density at radius 2 is 1.86 bits per heavy atom. The maximum Gasteiger partial charge on any atom is 0.320 e. The molecule has 1 aromatic carbocycles. The molecule has 0 heterocycles. The van der Waals surface area contributed by atoms with Crippen molar-refractivity contribution in [2.24, 2.45) is 11.7 Å². The highest BCUT2D eigenvalue weighted by molar-refractivity contribution is 5.94. The van der Waals surface area contributed by atoms with E-state index in [9.17, 15) is 18.4 Å². The highest BCUT2D eigenvalue weighted by atomic mass is 19.3. The predicted molar refractivity (Wildman–Crippen MR) is 70.4 cm³/mol. The first-order chi connectivity index (χ1) is 9.89. The highest BCUT2D eigenvalue weighted by Gasteiger charge is 2.40. The van der Waals surface area contributed by atoms with Crippen LogP contribution in [0.25, 0.3) is 0 Å². The number of methoxy groups -OCH3 is 1. The van der Waals surface area contributed by atoms with Crippen molar-refractivity contribution in [3.05, 3.63) is 35.9 Å². The summed E-state index contributed by atoms with van der Waals surface area (Å²) >= 11 is 0.